The van der Waals surface area contributed by atoms with Gasteiger partial charge in [0, 0.05) is 22.5 Å². The van der Waals surface area contributed by atoms with Crippen molar-refractivity contribution < 1.29 is 4.79 Å². The molecule has 3 N–H and O–H groups in total. The molecule has 0 saturated heterocycles. The molecule has 0 bridgehead atoms. The summed E-state index contributed by atoms with van der Waals surface area (Å²) < 4.78 is 0. The third-order valence-corrected chi connectivity index (χ3v) is 4.90. The van der Waals surface area contributed by atoms with Crippen molar-refractivity contribution in [2.75, 3.05) is 11.1 Å². The van der Waals surface area contributed by atoms with E-state index in [4.69, 9.17) is 5.73 Å². The molecule has 20 heavy (non-hydrogen) atoms. The Morgan fingerprint density at radius 1 is 1.35 bits per heavy atom. The molecule has 0 aromatic heterocycles. The maximum Gasteiger partial charge on any atom is 0.227 e. The minimum absolute atomic E-state index is 0.0768. The van der Waals surface area contributed by atoms with Gasteiger partial charge in [0.05, 0.1) is 0 Å². The zero-order chi connectivity index (χ0) is 14.4. The first-order valence-corrected chi connectivity index (χ1v) is 8.47. The highest BCUT2D eigenvalue weighted by molar-refractivity contribution is 7.99. The van der Waals surface area contributed by atoms with E-state index in [0.717, 1.165) is 37.1 Å². The minimum Gasteiger partial charge on any atom is -0.328 e. The molecule has 0 heterocycles. The molecule has 1 aromatic carbocycles. The summed E-state index contributed by atoms with van der Waals surface area (Å²) in [7, 11) is 0. The van der Waals surface area contributed by atoms with Crippen LogP contribution in [-0.4, -0.2) is 17.7 Å². The van der Waals surface area contributed by atoms with Crippen molar-refractivity contribution in [1.82, 2.24) is 0 Å². The fourth-order valence-corrected chi connectivity index (χ4v) is 3.33. The van der Waals surface area contributed by atoms with Crippen LogP contribution in [0, 0.1) is 5.92 Å². The number of rotatable bonds is 5. The summed E-state index contributed by atoms with van der Waals surface area (Å²) >= 11 is 1.85. The SMILES string of the molecule is CCCSc1ccc(NC(=O)[C@@H]2CCC[C@H](N)C2)cc1. The molecular formula is C16H24N2OS. The van der Waals surface area contributed by atoms with Crippen molar-refractivity contribution in [2.24, 2.45) is 11.7 Å². The van der Waals surface area contributed by atoms with E-state index in [2.05, 4.69) is 24.4 Å². The molecule has 3 nitrogen and oxygen atoms in total. The number of hydrogen-bond acceptors (Lipinski definition) is 3. The number of anilines is 1. The Balaban J connectivity index is 1.87. The summed E-state index contributed by atoms with van der Waals surface area (Å²) in [6.07, 6.45) is 5.06. The Morgan fingerprint density at radius 2 is 2.10 bits per heavy atom. The van der Waals surface area contributed by atoms with Gasteiger partial charge in [0.2, 0.25) is 5.91 Å². The van der Waals surface area contributed by atoms with Crippen LogP contribution in [0.4, 0.5) is 5.69 Å². The number of hydrogen-bond donors (Lipinski definition) is 2. The van der Waals surface area contributed by atoms with E-state index >= 15 is 0 Å². The first kappa shape index (κ1) is 15.4. The van der Waals surface area contributed by atoms with Crippen LogP contribution in [0.1, 0.15) is 39.0 Å². The van der Waals surface area contributed by atoms with Gasteiger partial charge in [-0.1, -0.05) is 13.3 Å². The molecule has 0 aliphatic heterocycles. The van der Waals surface area contributed by atoms with E-state index in [-0.39, 0.29) is 17.9 Å². The molecule has 1 amide bonds. The second-order valence-electron chi connectivity index (χ2n) is 5.49. The van der Waals surface area contributed by atoms with Crippen molar-refractivity contribution in [1.29, 1.82) is 0 Å². The molecule has 1 fully saturated rings. The van der Waals surface area contributed by atoms with Gasteiger partial charge in [0.25, 0.3) is 0 Å². The van der Waals surface area contributed by atoms with Crippen molar-refractivity contribution in [2.45, 2.75) is 50.0 Å². The maximum atomic E-state index is 12.2. The zero-order valence-electron chi connectivity index (χ0n) is 12.1. The summed E-state index contributed by atoms with van der Waals surface area (Å²) in [5.41, 5.74) is 6.82. The Kier molecular flexibility index (Phi) is 5.92. The van der Waals surface area contributed by atoms with Gasteiger partial charge in [-0.15, -0.1) is 11.8 Å². The smallest absolute Gasteiger partial charge is 0.227 e. The highest BCUT2D eigenvalue weighted by Gasteiger charge is 2.25. The number of carbonyl (C=O) groups excluding carboxylic acids is 1. The largest absolute Gasteiger partial charge is 0.328 e. The normalized spacial score (nSPS) is 22.5. The van der Waals surface area contributed by atoms with Gasteiger partial charge in [-0.05, 0) is 55.7 Å². The first-order chi connectivity index (χ1) is 9.69. The lowest BCUT2D eigenvalue weighted by Gasteiger charge is -2.25. The third kappa shape index (κ3) is 4.53. The molecule has 1 aliphatic carbocycles. The predicted octanol–water partition coefficient (Wildman–Crippen LogP) is 3.64. The molecule has 110 valence electrons. The van der Waals surface area contributed by atoms with Crippen molar-refractivity contribution in [3.63, 3.8) is 0 Å². The molecular weight excluding hydrogens is 268 g/mol. The number of amides is 1. The standard InChI is InChI=1S/C16H24N2OS/c1-2-10-20-15-8-6-14(7-9-15)18-16(19)12-4-3-5-13(17)11-12/h6-9,12-13H,2-5,10-11,17H2,1H3,(H,18,19)/t12-,13+/m1/s1. The van der Waals surface area contributed by atoms with Crippen LogP contribution >= 0.6 is 11.8 Å². The van der Waals surface area contributed by atoms with E-state index in [0.29, 0.717) is 0 Å². The summed E-state index contributed by atoms with van der Waals surface area (Å²) in [5, 5.41) is 3.01. The summed E-state index contributed by atoms with van der Waals surface area (Å²) in [6.45, 7) is 2.18. The number of nitrogens with one attached hydrogen (secondary N) is 1. The van der Waals surface area contributed by atoms with Gasteiger partial charge >= 0.3 is 0 Å². The molecule has 1 aliphatic rings. The zero-order valence-corrected chi connectivity index (χ0v) is 12.9. The second kappa shape index (κ2) is 7.70. The average molecular weight is 292 g/mol. The molecule has 1 saturated carbocycles. The molecule has 0 unspecified atom stereocenters. The van der Waals surface area contributed by atoms with Crippen LogP contribution in [-0.2, 0) is 4.79 Å². The molecule has 0 spiro atoms. The van der Waals surface area contributed by atoms with Gasteiger partial charge in [0.1, 0.15) is 0 Å². The number of carbonyl (C=O) groups is 1. The van der Waals surface area contributed by atoms with E-state index in [1.807, 2.05) is 23.9 Å². The van der Waals surface area contributed by atoms with Crippen LogP contribution < -0.4 is 11.1 Å². The monoisotopic (exact) mass is 292 g/mol. The van der Waals surface area contributed by atoms with Crippen molar-refractivity contribution >= 4 is 23.4 Å². The number of thioether (sulfide) groups is 1. The van der Waals surface area contributed by atoms with E-state index < -0.39 is 0 Å². The molecule has 1 aromatic rings. The number of benzene rings is 1. The third-order valence-electron chi connectivity index (χ3n) is 3.68. The molecule has 2 atom stereocenters. The molecule has 2 rings (SSSR count). The average Bonchev–Trinajstić information content (AvgIpc) is 2.46. The maximum absolute atomic E-state index is 12.2. The van der Waals surface area contributed by atoms with Crippen LogP contribution in [0.15, 0.2) is 29.2 Å². The van der Waals surface area contributed by atoms with E-state index in [1.54, 1.807) is 0 Å². The Morgan fingerprint density at radius 3 is 2.75 bits per heavy atom. The lowest BCUT2D eigenvalue weighted by molar-refractivity contribution is -0.120. The Bertz CT molecular complexity index is 433. The predicted molar refractivity (Wildman–Crippen MR) is 86.0 cm³/mol. The van der Waals surface area contributed by atoms with Gasteiger partial charge < -0.3 is 11.1 Å². The lowest BCUT2D eigenvalue weighted by atomic mass is 9.85. The lowest BCUT2D eigenvalue weighted by Crippen LogP contribution is -2.34. The van der Waals surface area contributed by atoms with Gasteiger partial charge in [-0.2, -0.15) is 0 Å². The summed E-state index contributed by atoms with van der Waals surface area (Å²) in [6, 6.07) is 8.30. The van der Waals surface area contributed by atoms with Crippen molar-refractivity contribution in [3.05, 3.63) is 24.3 Å². The van der Waals surface area contributed by atoms with E-state index in [9.17, 15) is 4.79 Å². The first-order valence-electron chi connectivity index (χ1n) is 7.48. The van der Waals surface area contributed by atoms with Crippen molar-refractivity contribution in [3.8, 4) is 0 Å². The van der Waals surface area contributed by atoms with Gasteiger partial charge in [-0.25, -0.2) is 0 Å². The topological polar surface area (TPSA) is 55.1 Å². The second-order valence-corrected chi connectivity index (χ2v) is 6.65. The van der Waals surface area contributed by atoms with Crippen LogP contribution in [0.25, 0.3) is 0 Å². The Labute approximate surface area is 125 Å². The quantitative estimate of drug-likeness (QED) is 0.815. The van der Waals surface area contributed by atoms with Crippen LogP contribution in [0.5, 0.6) is 0 Å². The summed E-state index contributed by atoms with van der Waals surface area (Å²) in [4.78, 5) is 13.5. The molecule has 0 radical (unpaired) electrons. The highest BCUT2D eigenvalue weighted by atomic mass is 32.2. The van der Waals surface area contributed by atoms with Gasteiger partial charge in [0.15, 0.2) is 0 Å². The molecule has 4 heteroatoms. The fraction of sp³-hybridized carbons (Fsp3) is 0.562. The summed E-state index contributed by atoms with van der Waals surface area (Å²) in [5.74, 6) is 1.33. The fourth-order valence-electron chi connectivity index (χ4n) is 2.56. The Hall–Kier alpha value is -1.00. The minimum atomic E-state index is 0.0768. The van der Waals surface area contributed by atoms with E-state index in [1.165, 1.54) is 11.3 Å². The van der Waals surface area contributed by atoms with Gasteiger partial charge in [-0.3, -0.25) is 4.79 Å². The van der Waals surface area contributed by atoms with Crippen LogP contribution in [0.2, 0.25) is 0 Å². The number of nitrogens with two attached hydrogens (primary N) is 1. The van der Waals surface area contributed by atoms with Crippen LogP contribution in [0.3, 0.4) is 0 Å². The highest BCUT2D eigenvalue weighted by Crippen LogP contribution is 2.25.